The average molecular weight is 431 g/mol. The number of carbonyl (C=O) groups is 1. The van der Waals surface area contributed by atoms with Gasteiger partial charge in [0.25, 0.3) is 5.91 Å². The van der Waals surface area contributed by atoms with Crippen LogP contribution in [0.25, 0.3) is 0 Å². The number of nitrogens with zero attached hydrogens (tertiary/aromatic N) is 1. The molecule has 0 bridgehead atoms. The lowest BCUT2D eigenvalue weighted by molar-refractivity contribution is 0.0426. The van der Waals surface area contributed by atoms with Gasteiger partial charge in [-0.3, -0.25) is 4.79 Å². The van der Waals surface area contributed by atoms with Crippen molar-refractivity contribution in [3.8, 4) is 11.5 Å². The first kappa shape index (κ1) is 16.9. The van der Waals surface area contributed by atoms with Crippen LogP contribution in [0.15, 0.2) is 40.9 Å². The number of hydrogen-bond acceptors (Lipinski definition) is 5. The van der Waals surface area contributed by atoms with E-state index in [4.69, 9.17) is 14.2 Å². The van der Waals surface area contributed by atoms with Crippen LogP contribution < -0.4 is 14.8 Å². The van der Waals surface area contributed by atoms with E-state index in [1.807, 2.05) is 41.3 Å². The summed E-state index contributed by atoms with van der Waals surface area (Å²) in [6.07, 6.45) is 1.76. The monoisotopic (exact) mass is 430 g/mol. The molecule has 0 aromatic heterocycles. The number of amides is 1. The predicted molar refractivity (Wildman–Crippen MR) is 103 cm³/mol. The Morgan fingerprint density at radius 1 is 1.19 bits per heavy atom. The summed E-state index contributed by atoms with van der Waals surface area (Å²) in [7, 11) is 0. The number of carbonyl (C=O) groups excluding carboxylic acids is 1. The molecule has 0 spiro atoms. The van der Waals surface area contributed by atoms with Crippen LogP contribution in [0.1, 0.15) is 34.9 Å². The van der Waals surface area contributed by atoms with Gasteiger partial charge in [0.05, 0.1) is 11.7 Å². The topological polar surface area (TPSA) is 60.0 Å². The summed E-state index contributed by atoms with van der Waals surface area (Å²) >= 11 is 3.64. The van der Waals surface area contributed by atoms with Gasteiger partial charge in [0.1, 0.15) is 6.17 Å². The summed E-state index contributed by atoms with van der Waals surface area (Å²) in [5, 5.41) is 3.52. The highest BCUT2D eigenvalue weighted by molar-refractivity contribution is 9.10. The predicted octanol–water partition coefficient (Wildman–Crippen LogP) is 3.92. The number of rotatable bonds is 3. The minimum absolute atomic E-state index is 0.00872. The van der Waals surface area contributed by atoms with Crippen molar-refractivity contribution >= 4 is 27.5 Å². The van der Waals surface area contributed by atoms with Crippen molar-refractivity contribution in [2.75, 3.05) is 25.3 Å². The number of hydrogen-bond donors (Lipinski definition) is 1. The van der Waals surface area contributed by atoms with Crippen LogP contribution in [0.5, 0.6) is 11.5 Å². The molecule has 2 unspecified atom stereocenters. The first-order valence-electron chi connectivity index (χ1n) is 9.08. The summed E-state index contributed by atoms with van der Waals surface area (Å²) < 4.78 is 17.7. The number of anilines is 1. The van der Waals surface area contributed by atoms with Crippen LogP contribution in [-0.2, 0) is 4.74 Å². The zero-order valence-electron chi connectivity index (χ0n) is 14.6. The maximum atomic E-state index is 13.3. The first-order valence-corrected chi connectivity index (χ1v) is 9.87. The molecule has 3 aliphatic heterocycles. The summed E-state index contributed by atoms with van der Waals surface area (Å²) in [4.78, 5) is 15.2. The maximum Gasteiger partial charge on any atom is 0.257 e. The highest BCUT2D eigenvalue weighted by Crippen LogP contribution is 2.42. The van der Waals surface area contributed by atoms with Crippen molar-refractivity contribution < 1.29 is 19.0 Å². The third kappa shape index (κ3) is 2.95. The van der Waals surface area contributed by atoms with E-state index in [1.165, 1.54) is 0 Å². The first-order chi connectivity index (χ1) is 13.2. The number of ether oxygens (including phenoxy) is 3. The van der Waals surface area contributed by atoms with Gasteiger partial charge in [0.2, 0.25) is 6.79 Å². The molecule has 2 aromatic rings. The molecule has 0 radical (unpaired) electrons. The standard InChI is InChI=1S/C20H19BrN2O4/c21-15-9-18-17(26-11-27-18)8-14(15)19-22-16-6-2-1-5-13(16)20(24)23(19)10-12-4-3-7-25-12/h1-2,5-6,8-9,12,19,22H,3-4,7,10-11H2. The second kappa shape index (κ2) is 6.73. The van der Waals surface area contributed by atoms with E-state index in [0.29, 0.717) is 23.6 Å². The SMILES string of the molecule is O=C1c2ccccc2NC(c2cc3c(cc2Br)OCO3)N1CC1CCCO1. The van der Waals surface area contributed by atoms with Gasteiger partial charge in [0.15, 0.2) is 11.5 Å². The Balaban J connectivity index is 1.56. The Morgan fingerprint density at radius 2 is 2.00 bits per heavy atom. The van der Waals surface area contributed by atoms with E-state index in [1.54, 1.807) is 0 Å². The lowest BCUT2D eigenvalue weighted by Crippen LogP contribution is -2.46. The molecule has 7 heteroatoms. The molecule has 2 atom stereocenters. The normalized spacial score (nSPS) is 23.3. The Labute approximate surface area is 165 Å². The van der Waals surface area contributed by atoms with Crippen LogP contribution in [-0.4, -0.2) is 36.9 Å². The third-order valence-corrected chi connectivity index (χ3v) is 5.92. The van der Waals surface area contributed by atoms with Gasteiger partial charge in [0, 0.05) is 28.9 Å². The van der Waals surface area contributed by atoms with Crippen molar-refractivity contribution in [3.63, 3.8) is 0 Å². The largest absolute Gasteiger partial charge is 0.454 e. The third-order valence-electron chi connectivity index (χ3n) is 5.23. The van der Waals surface area contributed by atoms with Crippen LogP contribution in [0.4, 0.5) is 5.69 Å². The fourth-order valence-electron chi connectivity index (χ4n) is 3.88. The number of benzene rings is 2. The van der Waals surface area contributed by atoms with E-state index < -0.39 is 0 Å². The fourth-order valence-corrected chi connectivity index (χ4v) is 4.42. The Kier molecular flexibility index (Phi) is 4.21. The number of halogens is 1. The molecule has 1 N–H and O–H groups in total. The highest BCUT2D eigenvalue weighted by Gasteiger charge is 2.36. The summed E-state index contributed by atoms with van der Waals surface area (Å²) in [6.45, 7) is 1.52. The molecular weight excluding hydrogens is 412 g/mol. The molecule has 0 saturated carbocycles. The number of fused-ring (bicyclic) bond motifs is 2. The van der Waals surface area contributed by atoms with Crippen LogP contribution in [0, 0.1) is 0 Å². The van der Waals surface area contributed by atoms with Crippen molar-refractivity contribution in [1.82, 2.24) is 4.90 Å². The quantitative estimate of drug-likeness (QED) is 0.799. The zero-order chi connectivity index (χ0) is 18.4. The van der Waals surface area contributed by atoms with E-state index >= 15 is 0 Å². The van der Waals surface area contributed by atoms with Crippen molar-refractivity contribution in [2.24, 2.45) is 0 Å². The fraction of sp³-hybridized carbons (Fsp3) is 0.350. The van der Waals surface area contributed by atoms with Crippen LogP contribution in [0.3, 0.4) is 0 Å². The van der Waals surface area contributed by atoms with Crippen molar-refractivity contribution in [3.05, 3.63) is 52.0 Å². The second-order valence-electron chi connectivity index (χ2n) is 6.91. The number of para-hydroxylation sites is 1. The van der Waals surface area contributed by atoms with E-state index in [9.17, 15) is 4.79 Å². The molecule has 5 rings (SSSR count). The van der Waals surface area contributed by atoms with E-state index in [-0.39, 0.29) is 25.0 Å². The van der Waals surface area contributed by atoms with Crippen LogP contribution >= 0.6 is 15.9 Å². The van der Waals surface area contributed by atoms with Gasteiger partial charge in [-0.25, -0.2) is 0 Å². The highest BCUT2D eigenvalue weighted by atomic mass is 79.9. The summed E-state index contributed by atoms with van der Waals surface area (Å²) in [6, 6.07) is 11.4. The van der Waals surface area contributed by atoms with Gasteiger partial charge in [-0.2, -0.15) is 0 Å². The van der Waals surface area contributed by atoms with E-state index in [2.05, 4.69) is 21.2 Å². The van der Waals surface area contributed by atoms with Crippen molar-refractivity contribution in [1.29, 1.82) is 0 Å². The molecule has 6 nitrogen and oxygen atoms in total. The van der Waals surface area contributed by atoms with Gasteiger partial charge in [-0.1, -0.05) is 28.1 Å². The molecule has 140 valence electrons. The molecule has 27 heavy (non-hydrogen) atoms. The number of nitrogens with one attached hydrogen (secondary N) is 1. The van der Waals surface area contributed by atoms with Crippen LogP contribution in [0.2, 0.25) is 0 Å². The van der Waals surface area contributed by atoms with E-state index in [0.717, 1.165) is 35.2 Å². The summed E-state index contributed by atoms with van der Waals surface area (Å²) in [5.74, 6) is 1.41. The van der Waals surface area contributed by atoms with Gasteiger partial charge < -0.3 is 24.4 Å². The zero-order valence-corrected chi connectivity index (χ0v) is 16.2. The lowest BCUT2D eigenvalue weighted by Gasteiger charge is -2.39. The second-order valence-corrected chi connectivity index (χ2v) is 7.77. The van der Waals surface area contributed by atoms with Crippen molar-refractivity contribution in [2.45, 2.75) is 25.1 Å². The molecule has 1 fully saturated rings. The molecule has 1 amide bonds. The molecular formula is C20H19BrN2O4. The molecule has 3 aliphatic rings. The summed E-state index contributed by atoms with van der Waals surface area (Å²) in [5.41, 5.74) is 2.45. The Bertz CT molecular complexity index is 898. The Morgan fingerprint density at radius 3 is 2.81 bits per heavy atom. The average Bonchev–Trinajstić information content (AvgIpc) is 3.35. The van der Waals surface area contributed by atoms with Gasteiger partial charge in [-0.05, 0) is 37.1 Å². The maximum absolute atomic E-state index is 13.3. The van der Waals surface area contributed by atoms with Gasteiger partial charge in [-0.15, -0.1) is 0 Å². The Hall–Kier alpha value is -2.25. The molecule has 1 saturated heterocycles. The molecule has 3 heterocycles. The molecule has 0 aliphatic carbocycles. The smallest absolute Gasteiger partial charge is 0.257 e. The molecule has 2 aromatic carbocycles. The minimum Gasteiger partial charge on any atom is -0.454 e. The lowest BCUT2D eigenvalue weighted by atomic mass is 10.0. The van der Waals surface area contributed by atoms with Gasteiger partial charge >= 0.3 is 0 Å². The minimum atomic E-state index is -0.319.